The second-order valence-corrected chi connectivity index (χ2v) is 6.17. The zero-order chi connectivity index (χ0) is 18.0. The number of fused-ring (bicyclic) bond motifs is 1. The highest BCUT2D eigenvalue weighted by Crippen LogP contribution is 2.27. The van der Waals surface area contributed by atoms with Crippen LogP contribution in [0.25, 0.3) is 10.2 Å². The molecule has 3 aromatic rings. The van der Waals surface area contributed by atoms with Gasteiger partial charge in [0.15, 0.2) is 4.80 Å². The lowest BCUT2D eigenvalue weighted by atomic mass is 10.2. The van der Waals surface area contributed by atoms with Crippen molar-refractivity contribution in [2.45, 2.75) is 13.5 Å². The van der Waals surface area contributed by atoms with E-state index < -0.39 is 10.8 Å². The summed E-state index contributed by atoms with van der Waals surface area (Å²) < 4.78 is 8.29. The number of hydrogen-bond acceptors (Lipinski definition) is 5. The number of aryl methyl sites for hydroxylation is 1. The lowest BCUT2D eigenvalue weighted by Crippen LogP contribution is -2.16. The van der Waals surface area contributed by atoms with Crippen molar-refractivity contribution >= 4 is 33.1 Å². The SMILES string of the molecule is CCn1c(=NC(=O)c2ccc([N+](=O)[O-])cc2)sc2cccc(OC)c21. The molecule has 8 heteroatoms. The Morgan fingerprint density at radius 3 is 2.60 bits per heavy atom. The zero-order valence-electron chi connectivity index (χ0n) is 13.6. The third-order valence-electron chi connectivity index (χ3n) is 3.72. The molecule has 25 heavy (non-hydrogen) atoms. The van der Waals surface area contributed by atoms with Crippen molar-refractivity contribution in [1.82, 2.24) is 4.57 Å². The fraction of sp³-hybridized carbons (Fsp3) is 0.176. The molecule has 0 fully saturated rings. The van der Waals surface area contributed by atoms with E-state index in [1.165, 1.54) is 35.6 Å². The summed E-state index contributed by atoms with van der Waals surface area (Å²) in [5.41, 5.74) is 1.14. The minimum absolute atomic E-state index is 0.0632. The predicted octanol–water partition coefficient (Wildman–Crippen LogP) is 3.38. The highest BCUT2D eigenvalue weighted by Gasteiger charge is 2.13. The molecule has 0 spiro atoms. The van der Waals surface area contributed by atoms with Crippen LogP contribution in [0.3, 0.4) is 0 Å². The summed E-state index contributed by atoms with van der Waals surface area (Å²) in [6.07, 6.45) is 0. The van der Waals surface area contributed by atoms with Crippen molar-refractivity contribution in [2.24, 2.45) is 4.99 Å². The lowest BCUT2D eigenvalue weighted by molar-refractivity contribution is -0.384. The van der Waals surface area contributed by atoms with Crippen molar-refractivity contribution in [3.8, 4) is 5.75 Å². The summed E-state index contributed by atoms with van der Waals surface area (Å²) in [7, 11) is 1.60. The Morgan fingerprint density at radius 1 is 1.28 bits per heavy atom. The van der Waals surface area contributed by atoms with Crippen molar-refractivity contribution < 1.29 is 14.5 Å². The number of hydrogen-bond donors (Lipinski definition) is 0. The number of carbonyl (C=O) groups excluding carboxylic acids is 1. The van der Waals surface area contributed by atoms with Crippen LogP contribution in [0.15, 0.2) is 47.5 Å². The Labute approximate surface area is 147 Å². The van der Waals surface area contributed by atoms with Gasteiger partial charge in [-0.15, -0.1) is 0 Å². The quantitative estimate of drug-likeness (QED) is 0.529. The van der Waals surface area contributed by atoms with Crippen LogP contribution in [0.4, 0.5) is 5.69 Å². The molecule has 0 saturated carbocycles. The third kappa shape index (κ3) is 3.16. The molecule has 1 aromatic heterocycles. The summed E-state index contributed by atoms with van der Waals surface area (Å²) in [5.74, 6) is 0.280. The predicted molar refractivity (Wildman–Crippen MR) is 95.0 cm³/mol. The molecule has 7 nitrogen and oxygen atoms in total. The number of nitro benzene ring substituents is 1. The molecule has 3 rings (SSSR count). The van der Waals surface area contributed by atoms with Gasteiger partial charge < -0.3 is 9.30 Å². The number of nitro groups is 1. The van der Waals surface area contributed by atoms with Gasteiger partial charge in [0.05, 0.1) is 16.7 Å². The first-order valence-electron chi connectivity index (χ1n) is 7.55. The van der Waals surface area contributed by atoms with Gasteiger partial charge in [-0.05, 0) is 31.2 Å². The fourth-order valence-electron chi connectivity index (χ4n) is 2.52. The number of non-ortho nitro benzene ring substituents is 1. The Bertz CT molecular complexity index is 1020. The first kappa shape index (κ1) is 16.8. The van der Waals surface area contributed by atoms with E-state index in [9.17, 15) is 14.9 Å². The van der Waals surface area contributed by atoms with Crippen LogP contribution in [-0.4, -0.2) is 22.5 Å². The number of aromatic nitrogens is 1. The summed E-state index contributed by atoms with van der Waals surface area (Å²) in [4.78, 5) is 27.4. The molecule has 0 aliphatic heterocycles. The molecular formula is C17H15N3O4S. The van der Waals surface area contributed by atoms with E-state index >= 15 is 0 Å². The minimum atomic E-state index is -0.505. The zero-order valence-corrected chi connectivity index (χ0v) is 14.4. The second-order valence-electron chi connectivity index (χ2n) is 5.16. The fourth-order valence-corrected chi connectivity index (χ4v) is 3.63. The normalized spacial score (nSPS) is 11.7. The molecule has 2 aromatic carbocycles. The van der Waals surface area contributed by atoms with Crippen LogP contribution >= 0.6 is 11.3 Å². The number of methoxy groups -OCH3 is 1. The van der Waals surface area contributed by atoms with Crippen molar-refractivity contribution in [2.75, 3.05) is 7.11 Å². The van der Waals surface area contributed by atoms with E-state index in [2.05, 4.69) is 4.99 Å². The van der Waals surface area contributed by atoms with Crippen LogP contribution in [0.2, 0.25) is 0 Å². The number of ether oxygens (including phenoxy) is 1. The first-order valence-corrected chi connectivity index (χ1v) is 8.36. The Hall–Kier alpha value is -3.00. The maximum Gasteiger partial charge on any atom is 0.279 e. The summed E-state index contributed by atoms with van der Waals surface area (Å²) in [6.45, 7) is 2.60. The molecule has 128 valence electrons. The van der Waals surface area contributed by atoms with E-state index in [4.69, 9.17) is 4.74 Å². The van der Waals surface area contributed by atoms with E-state index in [1.807, 2.05) is 29.7 Å². The molecule has 0 N–H and O–H groups in total. The standard InChI is InChI=1S/C17H15N3O4S/c1-3-19-15-13(24-2)5-4-6-14(15)25-17(19)18-16(21)11-7-9-12(10-8-11)20(22)23/h4-10H,3H2,1-2H3. The molecule has 0 atom stereocenters. The van der Waals surface area contributed by atoms with Crippen LogP contribution in [-0.2, 0) is 6.54 Å². The average molecular weight is 357 g/mol. The van der Waals surface area contributed by atoms with Gasteiger partial charge in [0, 0.05) is 24.2 Å². The van der Waals surface area contributed by atoms with E-state index in [0.717, 1.165) is 16.0 Å². The summed E-state index contributed by atoms with van der Waals surface area (Å²) in [6, 6.07) is 11.1. The molecule has 0 saturated heterocycles. The van der Waals surface area contributed by atoms with Gasteiger partial charge in [0.25, 0.3) is 11.6 Å². The Morgan fingerprint density at radius 2 is 2.00 bits per heavy atom. The molecule has 0 radical (unpaired) electrons. The van der Waals surface area contributed by atoms with E-state index in [-0.39, 0.29) is 5.69 Å². The van der Waals surface area contributed by atoms with E-state index in [0.29, 0.717) is 16.9 Å². The molecule has 0 aliphatic rings. The molecule has 1 heterocycles. The van der Waals surface area contributed by atoms with Crippen LogP contribution in [0, 0.1) is 10.1 Å². The third-order valence-corrected chi connectivity index (χ3v) is 4.77. The highest BCUT2D eigenvalue weighted by atomic mass is 32.1. The maximum atomic E-state index is 12.4. The van der Waals surface area contributed by atoms with Crippen LogP contribution < -0.4 is 9.54 Å². The second kappa shape index (κ2) is 6.86. The van der Waals surface area contributed by atoms with Gasteiger partial charge in [-0.1, -0.05) is 17.4 Å². The minimum Gasteiger partial charge on any atom is -0.495 e. The smallest absolute Gasteiger partial charge is 0.279 e. The Kier molecular flexibility index (Phi) is 4.62. The molecule has 0 unspecified atom stereocenters. The summed E-state index contributed by atoms with van der Waals surface area (Å²) in [5, 5.41) is 10.7. The van der Waals surface area contributed by atoms with Gasteiger partial charge >= 0.3 is 0 Å². The maximum absolute atomic E-state index is 12.4. The lowest BCUT2D eigenvalue weighted by Gasteiger charge is -2.05. The first-order chi connectivity index (χ1) is 12.0. The average Bonchev–Trinajstić information content (AvgIpc) is 2.98. The monoisotopic (exact) mass is 357 g/mol. The van der Waals surface area contributed by atoms with Gasteiger partial charge in [0.1, 0.15) is 11.3 Å². The largest absolute Gasteiger partial charge is 0.495 e. The number of benzene rings is 2. The Balaban J connectivity index is 2.08. The number of thiazole rings is 1. The number of rotatable bonds is 4. The van der Waals surface area contributed by atoms with Crippen LogP contribution in [0.5, 0.6) is 5.75 Å². The van der Waals surface area contributed by atoms with Gasteiger partial charge in [-0.25, -0.2) is 0 Å². The highest BCUT2D eigenvalue weighted by molar-refractivity contribution is 7.16. The molecule has 1 amide bonds. The number of carbonyl (C=O) groups is 1. The van der Waals surface area contributed by atoms with Gasteiger partial charge in [-0.3, -0.25) is 14.9 Å². The summed E-state index contributed by atoms with van der Waals surface area (Å²) >= 11 is 1.40. The number of amides is 1. The number of nitrogens with zero attached hydrogens (tertiary/aromatic N) is 3. The van der Waals surface area contributed by atoms with Gasteiger partial charge in [0.2, 0.25) is 0 Å². The van der Waals surface area contributed by atoms with E-state index in [1.54, 1.807) is 7.11 Å². The molecule has 0 aliphatic carbocycles. The molecular weight excluding hydrogens is 342 g/mol. The molecule has 0 bridgehead atoms. The number of para-hydroxylation sites is 1. The van der Waals surface area contributed by atoms with Crippen molar-refractivity contribution in [3.63, 3.8) is 0 Å². The van der Waals surface area contributed by atoms with Crippen molar-refractivity contribution in [1.29, 1.82) is 0 Å². The topological polar surface area (TPSA) is 86.7 Å². The van der Waals surface area contributed by atoms with Gasteiger partial charge in [-0.2, -0.15) is 4.99 Å². The van der Waals surface area contributed by atoms with Crippen LogP contribution in [0.1, 0.15) is 17.3 Å². The van der Waals surface area contributed by atoms with Crippen molar-refractivity contribution in [3.05, 3.63) is 62.9 Å².